The Bertz CT molecular complexity index is 628. The van der Waals surface area contributed by atoms with Crippen molar-refractivity contribution in [2.75, 3.05) is 6.54 Å². The molecule has 8 heteroatoms. The molecule has 1 amide bonds. The molecule has 1 aliphatic rings. The Kier molecular flexibility index (Phi) is 5.38. The third-order valence-electron chi connectivity index (χ3n) is 3.74. The van der Waals surface area contributed by atoms with Crippen molar-refractivity contribution >= 4 is 41.6 Å². The molecule has 118 valence electrons. The Balaban J connectivity index is 2.30. The van der Waals surface area contributed by atoms with Crippen molar-refractivity contribution in [3.05, 3.63) is 16.5 Å². The van der Waals surface area contributed by atoms with Crippen LogP contribution in [0, 0.1) is 0 Å². The lowest BCUT2D eigenvalue weighted by atomic mass is 10.1. The van der Waals surface area contributed by atoms with E-state index in [9.17, 15) is 13.2 Å². The molecule has 1 atom stereocenters. The smallest absolute Gasteiger partial charge is 0.289 e. The van der Waals surface area contributed by atoms with E-state index in [1.165, 1.54) is 6.07 Å². The third-order valence-corrected chi connectivity index (χ3v) is 5.92. The number of hydrogen-bond acceptors (Lipinski definition) is 4. The van der Waals surface area contributed by atoms with Crippen LogP contribution in [-0.2, 0) is 9.05 Å². The van der Waals surface area contributed by atoms with Crippen LogP contribution in [0.3, 0.4) is 0 Å². The number of halogens is 2. The van der Waals surface area contributed by atoms with E-state index in [1.54, 1.807) is 4.90 Å². The summed E-state index contributed by atoms with van der Waals surface area (Å²) in [7, 11) is 1.36. The van der Waals surface area contributed by atoms with E-state index in [2.05, 4.69) is 15.9 Å². The molecule has 2 heterocycles. The molecule has 1 aromatic heterocycles. The van der Waals surface area contributed by atoms with Crippen LogP contribution in [0.25, 0.3) is 0 Å². The SMILES string of the molecule is CCC1CCCCCN1C(=O)c1cc(S(=O)(=O)Cl)c(Br)o1. The highest BCUT2D eigenvalue weighted by Crippen LogP contribution is 2.30. The first-order valence-corrected chi connectivity index (χ1v) is 9.99. The number of hydrogen-bond donors (Lipinski definition) is 0. The summed E-state index contributed by atoms with van der Waals surface area (Å²) in [6.07, 6.45) is 4.98. The summed E-state index contributed by atoms with van der Waals surface area (Å²) in [5, 5.41) is 0. The summed E-state index contributed by atoms with van der Waals surface area (Å²) >= 11 is 2.99. The second-order valence-corrected chi connectivity index (χ2v) is 8.35. The predicted molar refractivity (Wildman–Crippen MR) is 83.0 cm³/mol. The number of carbonyl (C=O) groups is 1. The summed E-state index contributed by atoms with van der Waals surface area (Å²) in [6.45, 7) is 2.71. The van der Waals surface area contributed by atoms with Gasteiger partial charge in [-0.05, 0) is 35.2 Å². The largest absolute Gasteiger partial charge is 0.443 e. The monoisotopic (exact) mass is 397 g/mol. The zero-order chi connectivity index (χ0) is 15.6. The molecule has 0 aromatic carbocycles. The average molecular weight is 399 g/mol. The van der Waals surface area contributed by atoms with Crippen molar-refractivity contribution in [2.24, 2.45) is 0 Å². The van der Waals surface area contributed by atoms with Gasteiger partial charge in [0.05, 0.1) is 0 Å². The van der Waals surface area contributed by atoms with E-state index in [4.69, 9.17) is 15.1 Å². The Labute approximate surface area is 137 Å². The van der Waals surface area contributed by atoms with Gasteiger partial charge in [0.15, 0.2) is 10.4 Å². The molecule has 2 rings (SSSR count). The van der Waals surface area contributed by atoms with Crippen molar-refractivity contribution in [2.45, 2.75) is 50.0 Å². The number of rotatable bonds is 3. The van der Waals surface area contributed by atoms with Crippen molar-refractivity contribution in [1.82, 2.24) is 4.90 Å². The van der Waals surface area contributed by atoms with E-state index in [0.717, 1.165) is 32.1 Å². The van der Waals surface area contributed by atoms with Crippen molar-refractivity contribution in [3.8, 4) is 0 Å². The molecule has 0 radical (unpaired) electrons. The average Bonchev–Trinajstić information content (AvgIpc) is 2.67. The first-order valence-electron chi connectivity index (χ1n) is 6.89. The van der Waals surface area contributed by atoms with Gasteiger partial charge in [0, 0.05) is 29.3 Å². The fourth-order valence-electron chi connectivity index (χ4n) is 2.63. The van der Waals surface area contributed by atoms with Gasteiger partial charge in [0.25, 0.3) is 15.0 Å². The van der Waals surface area contributed by atoms with Gasteiger partial charge in [-0.2, -0.15) is 0 Å². The van der Waals surface area contributed by atoms with Crippen LogP contribution < -0.4 is 0 Å². The number of carbonyl (C=O) groups excluding carboxylic acids is 1. The molecule has 0 N–H and O–H groups in total. The number of nitrogens with zero attached hydrogens (tertiary/aromatic N) is 1. The minimum absolute atomic E-state index is 0.00134. The lowest BCUT2D eigenvalue weighted by Crippen LogP contribution is -2.39. The van der Waals surface area contributed by atoms with Crippen molar-refractivity contribution in [3.63, 3.8) is 0 Å². The Morgan fingerprint density at radius 2 is 2.19 bits per heavy atom. The Morgan fingerprint density at radius 1 is 1.48 bits per heavy atom. The molecular formula is C13H17BrClNO4S. The summed E-state index contributed by atoms with van der Waals surface area (Å²) in [6, 6.07) is 1.35. The summed E-state index contributed by atoms with van der Waals surface area (Å²) in [4.78, 5) is 14.2. The fraction of sp³-hybridized carbons (Fsp3) is 0.615. The Hall–Kier alpha value is -0.530. The third kappa shape index (κ3) is 3.81. The zero-order valence-corrected chi connectivity index (χ0v) is 14.8. The maximum absolute atomic E-state index is 12.6. The molecule has 0 spiro atoms. The van der Waals surface area contributed by atoms with Crippen molar-refractivity contribution in [1.29, 1.82) is 0 Å². The lowest BCUT2D eigenvalue weighted by Gasteiger charge is -2.28. The van der Waals surface area contributed by atoms with Gasteiger partial charge < -0.3 is 9.32 Å². The van der Waals surface area contributed by atoms with Gasteiger partial charge in [-0.1, -0.05) is 19.8 Å². The molecule has 21 heavy (non-hydrogen) atoms. The van der Waals surface area contributed by atoms with Gasteiger partial charge in [-0.3, -0.25) is 4.79 Å². The summed E-state index contributed by atoms with van der Waals surface area (Å²) in [5.41, 5.74) is 0. The molecule has 0 aliphatic carbocycles. The second-order valence-electron chi connectivity index (χ2n) is 5.10. The van der Waals surface area contributed by atoms with Crippen molar-refractivity contribution < 1.29 is 17.6 Å². The van der Waals surface area contributed by atoms with Gasteiger partial charge in [-0.15, -0.1) is 0 Å². The molecule has 1 saturated heterocycles. The Morgan fingerprint density at radius 3 is 2.76 bits per heavy atom. The van der Waals surface area contributed by atoms with Crippen LogP contribution in [0.1, 0.15) is 49.6 Å². The first-order chi connectivity index (χ1) is 9.84. The van der Waals surface area contributed by atoms with Crippen LogP contribution in [0.15, 0.2) is 20.0 Å². The van der Waals surface area contributed by atoms with E-state index in [-0.39, 0.29) is 27.3 Å². The highest BCUT2D eigenvalue weighted by Gasteiger charge is 2.30. The zero-order valence-electron chi connectivity index (χ0n) is 11.6. The molecule has 5 nitrogen and oxygen atoms in total. The first kappa shape index (κ1) is 16.8. The summed E-state index contributed by atoms with van der Waals surface area (Å²) in [5.74, 6) is -0.280. The minimum Gasteiger partial charge on any atom is -0.443 e. The topological polar surface area (TPSA) is 67.6 Å². The maximum atomic E-state index is 12.6. The standard InChI is InChI=1S/C13H17BrClNO4S/c1-2-9-6-4-3-5-7-16(9)13(17)10-8-11(12(14)20-10)21(15,18)19/h8-9H,2-7H2,1H3. The highest BCUT2D eigenvalue weighted by atomic mass is 79.9. The van der Waals surface area contributed by atoms with E-state index in [0.29, 0.717) is 6.54 Å². The van der Waals surface area contributed by atoms with Gasteiger partial charge in [0.2, 0.25) is 0 Å². The molecule has 1 aromatic rings. The predicted octanol–water partition coefficient (Wildman–Crippen LogP) is 3.76. The normalized spacial score (nSPS) is 20.3. The van der Waals surface area contributed by atoms with Gasteiger partial charge >= 0.3 is 0 Å². The van der Waals surface area contributed by atoms with Gasteiger partial charge in [-0.25, -0.2) is 8.42 Å². The van der Waals surface area contributed by atoms with E-state index < -0.39 is 9.05 Å². The molecule has 0 bridgehead atoms. The van der Waals surface area contributed by atoms with Gasteiger partial charge in [0.1, 0.15) is 4.90 Å². The molecule has 1 unspecified atom stereocenters. The molecule has 0 saturated carbocycles. The number of amides is 1. The highest BCUT2D eigenvalue weighted by molar-refractivity contribution is 9.10. The lowest BCUT2D eigenvalue weighted by molar-refractivity contribution is 0.0644. The fourth-order valence-corrected chi connectivity index (χ4v) is 4.67. The second kappa shape index (κ2) is 6.71. The number of furan rings is 1. The van der Waals surface area contributed by atoms with Crippen LogP contribution in [0.5, 0.6) is 0 Å². The summed E-state index contributed by atoms with van der Waals surface area (Å²) < 4.78 is 28.0. The molecule has 1 fully saturated rings. The number of likely N-dealkylation sites (tertiary alicyclic amines) is 1. The van der Waals surface area contributed by atoms with Crippen LogP contribution in [0.4, 0.5) is 0 Å². The van der Waals surface area contributed by atoms with Crippen LogP contribution in [-0.4, -0.2) is 31.8 Å². The molecular weight excluding hydrogens is 382 g/mol. The maximum Gasteiger partial charge on any atom is 0.289 e. The van der Waals surface area contributed by atoms with E-state index in [1.807, 2.05) is 6.92 Å². The van der Waals surface area contributed by atoms with Crippen LogP contribution >= 0.6 is 26.6 Å². The van der Waals surface area contributed by atoms with Crippen LogP contribution in [0.2, 0.25) is 0 Å². The van der Waals surface area contributed by atoms with E-state index >= 15 is 0 Å². The quantitative estimate of drug-likeness (QED) is 0.727. The minimum atomic E-state index is -3.94. The molecule has 1 aliphatic heterocycles.